The molecule has 1 heterocycles. The summed E-state index contributed by atoms with van der Waals surface area (Å²) in [6, 6.07) is 8.99. The topological polar surface area (TPSA) is 82.4 Å². The van der Waals surface area contributed by atoms with Gasteiger partial charge in [-0.25, -0.2) is 4.79 Å². The van der Waals surface area contributed by atoms with Crippen LogP contribution in [0.5, 0.6) is 0 Å². The molecule has 0 aliphatic carbocycles. The van der Waals surface area contributed by atoms with Crippen LogP contribution in [0.25, 0.3) is 6.08 Å². The fourth-order valence-corrected chi connectivity index (χ4v) is 2.58. The van der Waals surface area contributed by atoms with E-state index in [1.165, 1.54) is 6.08 Å². The molecule has 0 spiro atoms. The number of likely N-dealkylation sites (tertiary alicyclic amines) is 1. The number of hydrogen-bond donors (Lipinski definition) is 1. The van der Waals surface area contributed by atoms with Crippen LogP contribution in [0.1, 0.15) is 30.9 Å². The Bertz CT molecular complexity index is 646. The second-order valence-corrected chi connectivity index (χ2v) is 5.56. The predicted octanol–water partition coefficient (Wildman–Crippen LogP) is 2.31. The molecule has 24 heavy (non-hydrogen) atoms. The summed E-state index contributed by atoms with van der Waals surface area (Å²) in [7, 11) is 0. The van der Waals surface area contributed by atoms with Crippen molar-refractivity contribution in [3.05, 3.63) is 41.5 Å². The van der Waals surface area contributed by atoms with Crippen molar-refractivity contribution in [3.63, 3.8) is 0 Å². The van der Waals surface area contributed by atoms with Gasteiger partial charge in [0.1, 0.15) is 0 Å². The average molecular weight is 327 g/mol. The zero-order valence-electron chi connectivity index (χ0n) is 13.7. The number of ether oxygens (including phenoxy) is 1. The molecule has 1 aliphatic heterocycles. The van der Waals surface area contributed by atoms with Crippen molar-refractivity contribution in [1.82, 2.24) is 10.2 Å². The Kier molecular flexibility index (Phi) is 6.38. The Labute approximate surface area is 141 Å². The van der Waals surface area contributed by atoms with Gasteiger partial charge in [-0.2, -0.15) is 5.26 Å². The van der Waals surface area contributed by atoms with Crippen LogP contribution in [0.15, 0.2) is 30.3 Å². The Morgan fingerprint density at radius 3 is 2.83 bits per heavy atom. The minimum atomic E-state index is -0.440. The first kappa shape index (κ1) is 17.5. The fraction of sp³-hybridized carbons (Fsp3) is 0.389. The zero-order chi connectivity index (χ0) is 17.4. The lowest BCUT2D eigenvalue weighted by Gasteiger charge is -2.32. The third-order valence-corrected chi connectivity index (χ3v) is 3.79. The van der Waals surface area contributed by atoms with E-state index in [9.17, 15) is 9.59 Å². The Balaban J connectivity index is 1.90. The van der Waals surface area contributed by atoms with Crippen LogP contribution in [-0.2, 0) is 9.53 Å². The van der Waals surface area contributed by atoms with E-state index in [0.29, 0.717) is 25.3 Å². The number of carbonyl (C=O) groups is 2. The number of rotatable bonds is 4. The van der Waals surface area contributed by atoms with E-state index in [0.717, 1.165) is 18.4 Å². The van der Waals surface area contributed by atoms with Crippen LogP contribution in [0.4, 0.5) is 4.79 Å². The third kappa shape index (κ3) is 5.13. The van der Waals surface area contributed by atoms with Crippen LogP contribution < -0.4 is 5.32 Å². The fourth-order valence-electron chi connectivity index (χ4n) is 2.58. The maximum atomic E-state index is 12.3. The molecule has 1 saturated heterocycles. The van der Waals surface area contributed by atoms with Gasteiger partial charge in [-0.15, -0.1) is 0 Å². The minimum absolute atomic E-state index is 0.0786. The van der Waals surface area contributed by atoms with Gasteiger partial charge in [-0.05, 0) is 43.5 Å². The van der Waals surface area contributed by atoms with Gasteiger partial charge in [-0.3, -0.25) is 4.79 Å². The van der Waals surface area contributed by atoms with Crippen molar-refractivity contribution in [2.75, 3.05) is 19.7 Å². The van der Waals surface area contributed by atoms with Crippen molar-refractivity contribution in [1.29, 1.82) is 5.26 Å². The number of piperidine rings is 1. The SMILES string of the molecule is CCOC(=O)N[C@@H]1CCCN(C(=O)/C=C\c2ccc(C#N)cc2)C1. The zero-order valence-corrected chi connectivity index (χ0v) is 13.7. The van der Waals surface area contributed by atoms with Gasteiger partial charge in [0.2, 0.25) is 5.91 Å². The van der Waals surface area contributed by atoms with E-state index in [1.54, 1.807) is 42.2 Å². The van der Waals surface area contributed by atoms with E-state index >= 15 is 0 Å². The highest BCUT2D eigenvalue weighted by atomic mass is 16.5. The normalized spacial score (nSPS) is 17.3. The van der Waals surface area contributed by atoms with Crippen LogP contribution in [0.2, 0.25) is 0 Å². The summed E-state index contributed by atoms with van der Waals surface area (Å²) in [4.78, 5) is 25.5. The first-order valence-electron chi connectivity index (χ1n) is 8.03. The lowest BCUT2D eigenvalue weighted by molar-refractivity contribution is -0.127. The molecule has 0 unspecified atom stereocenters. The smallest absolute Gasteiger partial charge is 0.407 e. The average Bonchev–Trinajstić information content (AvgIpc) is 2.60. The quantitative estimate of drug-likeness (QED) is 0.860. The number of nitrogens with one attached hydrogen (secondary N) is 1. The van der Waals surface area contributed by atoms with Crippen LogP contribution in [0, 0.1) is 11.3 Å². The van der Waals surface area contributed by atoms with Gasteiger partial charge in [0, 0.05) is 25.2 Å². The molecule has 6 heteroatoms. The summed E-state index contributed by atoms with van der Waals surface area (Å²) in [6.07, 6.45) is 4.49. The van der Waals surface area contributed by atoms with Crippen molar-refractivity contribution in [3.8, 4) is 6.07 Å². The molecule has 2 rings (SSSR count). The number of carbonyl (C=O) groups excluding carboxylic acids is 2. The summed E-state index contributed by atoms with van der Waals surface area (Å²) in [5, 5.41) is 11.6. The Morgan fingerprint density at radius 2 is 2.17 bits per heavy atom. The maximum absolute atomic E-state index is 12.3. The first-order valence-corrected chi connectivity index (χ1v) is 8.03. The van der Waals surface area contributed by atoms with Crippen molar-refractivity contribution >= 4 is 18.1 Å². The number of amides is 2. The summed E-state index contributed by atoms with van der Waals surface area (Å²) < 4.78 is 4.87. The molecule has 1 aliphatic rings. The number of benzene rings is 1. The van der Waals surface area contributed by atoms with E-state index in [1.807, 2.05) is 0 Å². The van der Waals surface area contributed by atoms with Gasteiger partial charge in [0.15, 0.2) is 0 Å². The van der Waals surface area contributed by atoms with Crippen molar-refractivity contribution in [2.45, 2.75) is 25.8 Å². The second-order valence-electron chi connectivity index (χ2n) is 5.56. The molecule has 0 bridgehead atoms. The van der Waals surface area contributed by atoms with Gasteiger partial charge in [0.25, 0.3) is 0 Å². The largest absolute Gasteiger partial charge is 0.450 e. The maximum Gasteiger partial charge on any atom is 0.407 e. The summed E-state index contributed by atoms with van der Waals surface area (Å²) in [6.45, 7) is 3.24. The standard InChI is InChI=1S/C18H21N3O3/c1-2-24-18(23)20-16-4-3-11-21(13-16)17(22)10-9-14-5-7-15(12-19)8-6-14/h5-10,16H,2-4,11,13H2,1H3,(H,20,23)/b10-9-/t16-/m1/s1. The lowest BCUT2D eigenvalue weighted by Crippen LogP contribution is -2.49. The molecule has 1 atom stereocenters. The molecule has 1 fully saturated rings. The molecule has 1 N–H and O–H groups in total. The van der Waals surface area contributed by atoms with E-state index in [4.69, 9.17) is 10.00 Å². The van der Waals surface area contributed by atoms with Gasteiger partial charge in [0.05, 0.1) is 18.2 Å². The van der Waals surface area contributed by atoms with E-state index in [-0.39, 0.29) is 11.9 Å². The Hall–Kier alpha value is -2.81. The lowest BCUT2D eigenvalue weighted by atomic mass is 10.1. The van der Waals surface area contributed by atoms with Crippen molar-refractivity contribution in [2.24, 2.45) is 0 Å². The molecule has 0 saturated carbocycles. The molecule has 0 aromatic heterocycles. The molecule has 0 radical (unpaired) electrons. The number of nitrogens with zero attached hydrogens (tertiary/aromatic N) is 2. The molecule has 6 nitrogen and oxygen atoms in total. The Morgan fingerprint density at radius 1 is 1.42 bits per heavy atom. The highest BCUT2D eigenvalue weighted by Gasteiger charge is 2.23. The van der Waals surface area contributed by atoms with Crippen LogP contribution in [-0.4, -0.2) is 42.6 Å². The van der Waals surface area contributed by atoms with Gasteiger partial charge >= 0.3 is 6.09 Å². The molecular formula is C18H21N3O3. The minimum Gasteiger partial charge on any atom is -0.450 e. The van der Waals surface area contributed by atoms with Gasteiger partial charge < -0.3 is 15.0 Å². The van der Waals surface area contributed by atoms with Crippen LogP contribution in [0.3, 0.4) is 0 Å². The molecular weight excluding hydrogens is 306 g/mol. The molecule has 1 aromatic carbocycles. The van der Waals surface area contributed by atoms with Crippen LogP contribution >= 0.6 is 0 Å². The highest BCUT2D eigenvalue weighted by Crippen LogP contribution is 2.12. The van der Waals surface area contributed by atoms with E-state index in [2.05, 4.69) is 11.4 Å². The molecule has 1 aromatic rings. The summed E-state index contributed by atoms with van der Waals surface area (Å²) >= 11 is 0. The number of hydrogen-bond acceptors (Lipinski definition) is 4. The number of nitriles is 1. The number of alkyl carbamates (subject to hydrolysis) is 1. The monoisotopic (exact) mass is 327 g/mol. The van der Waals surface area contributed by atoms with Crippen molar-refractivity contribution < 1.29 is 14.3 Å². The van der Waals surface area contributed by atoms with Gasteiger partial charge in [-0.1, -0.05) is 12.1 Å². The first-order chi connectivity index (χ1) is 11.6. The summed E-state index contributed by atoms with van der Waals surface area (Å²) in [5.74, 6) is -0.0882. The molecule has 126 valence electrons. The summed E-state index contributed by atoms with van der Waals surface area (Å²) in [5.41, 5.74) is 1.45. The predicted molar refractivity (Wildman–Crippen MR) is 90.0 cm³/mol. The highest BCUT2D eigenvalue weighted by molar-refractivity contribution is 5.91. The second kappa shape index (κ2) is 8.73. The molecule has 2 amide bonds. The van der Waals surface area contributed by atoms with E-state index < -0.39 is 6.09 Å². The third-order valence-electron chi connectivity index (χ3n) is 3.79.